The Balaban J connectivity index is 2.15. The van der Waals surface area contributed by atoms with Crippen LogP contribution in [0, 0.1) is 0 Å². The van der Waals surface area contributed by atoms with Crippen LogP contribution in [0.15, 0.2) is 28.2 Å². The van der Waals surface area contributed by atoms with Gasteiger partial charge in [0.05, 0.1) is 12.2 Å². The van der Waals surface area contributed by atoms with Crippen LogP contribution in [0.4, 0.5) is 0 Å². The second-order valence-corrected chi connectivity index (χ2v) is 5.38. The van der Waals surface area contributed by atoms with E-state index in [9.17, 15) is 9.59 Å². The second kappa shape index (κ2) is 6.73. The third kappa shape index (κ3) is 3.83. The SMILES string of the molecule is COCC(NC(=O)C1=Cc2cc(Br)ccc2OC1)C(=O)O. The lowest BCUT2D eigenvalue weighted by Gasteiger charge is -2.19. The molecule has 1 amide bonds. The molecule has 112 valence electrons. The number of aliphatic carboxylic acids is 1. The molecule has 0 saturated heterocycles. The lowest BCUT2D eigenvalue weighted by Crippen LogP contribution is -2.45. The zero-order valence-electron chi connectivity index (χ0n) is 11.3. The predicted molar refractivity (Wildman–Crippen MR) is 79.1 cm³/mol. The Morgan fingerprint density at radius 2 is 2.29 bits per heavy atom. The van der Waals surface area contributed by atoms with Gasteiger partial charge in [0.1, 0.15) is 12.4 Å². The normalized spacial score (nSPS) is 14.5. The minimum atomic E-state index is -1.15. The van der Waals surface area contributed by atoms with Gasteiger partial charge in [0, 0.05) is 17.1 Å². The summed E-state index contributed by atoms with van der Waals surface area (Å²) in [5.74, 6) is -0.947. The van der Waals surface area contributed by atoms with Gasteiger partial charge in [-0.15, -0.1) is 0 Å². The van der Waals surface area contributed by atoms with Crippen molar-refractivity contribution in [2.75, 3.05) is 20.3 Å². The summed E-state index contributed by atoms with van der Waals surface area (Å²) in [6.07, 6.45) is 1.69. The van der Waals surface area contributed by atoms with E-state index in [0.29, 0.717) is 11.3 Å². The van der Waals surface area contributed by atoms with Crippen LogP contribution >= 0.6 is 15.9 Å². The molecular formula is C14H14BrNO5. The smallest absolute Gasteiger partial charge is 0.328 e. The average Bonchev–Trinajstić information content (AvgIpc) is 2.45. The molecule has 21 heavy (non-hydrogen) atoms. The zero-order chi connectivity index (χ0) is 15.4. The lowest BCUT2D eigenvalue weighted by atomic mass is 10.1. The molecule has 0 aliphatic carbocycles. The molecule has 0 saturated carbocycles. The Hall–Kier alpha value is -1.86. The van der Waals surface area contributed by atoms with Crippen LogP contribution in [0.3, 0.4) is 0 Å². The van der Waals surface area contributed by atoms with Crippen molar-refractivity contribution in [3.05, 3.63) is 33.8 Å². The highest BCUT2D eigenvalue weighted by atomic mass is 79.9. The number of halogens is 1. The maximum atomic E-state index is 12.1. The van der Waals surface area contributed by atoms with E-state index >= 15 is 0 Å². The van der Waals surface area contributed by atoms with Gasteiger partial charge in [-0.1, -0.05) is 15.9 Å². The summed E-state index contributed by atoms with van der Waals surface area (Å²) in [4.78, 5) is 23.1. The number of ether oxygens (including phenoxy) is 2. The van der Waals surface area contributed by atoms with Gasteiger partial charge in [-0.25, -0.2) is 4.79 Å². The van der Waals surface area contributed by atoms with Crippen LogP contribution in [0.5, 0.6) is 5.75 Å². The van der Waals surface area contributed by atoms with Gasteiger partial charge in [-0.2, -0.15) is 0 Å². The van der Waals surface area contributed by atoms with Gasteiger partial charge < -0.3 is 19.9 Å². The van der Waals surface area contributed by atoms with Gasteiger partial charge in [-0.05, 0) is 24.3 Å². The molecular weight excluding hydrogens is 342 g/mol. The van der Waals surface area contributed by atoms with Crippen LogP contribution in [0.2, 0.25) is 0 Å². The minimum Gasteiger partial charge on any atom is -0.488 e. The van der Waals surface area contributed by atoms with Crippen molar-refractivity contribution in [3.63, 3.8) is 0 Å². The van der Waals surface area contributed by atoms with E-state index in [2.05, 4.69) is 21.2 Å². The number of fused-ring (bicyclic) bond motifs is 1. The first-order chi connectivity index (χ1) is 10.0. The first-order valence-electron chi connectivity index (χ1n) is 6.17. The predicted octanol–water partition coefficient (Wildman–Crippen LogP) is 1.44. The summed E-state index contributed by atoms with van der Waals surface area (Å²) < 4.78 is 11.1. The Labute approximate surface area is 129 Å². The standard InChI is InChI=1S/C14H14BrNO5/c1-20-7-11(14(18)19)16-13(17)9-4-8-5-10(15)2-3-12(8)21-6-9/h2-5,11H,6-7H2,1H3,(H,16,17)(H,18,19). The highest BCUT2D eigenvalue weighted by Gasteiger charge is 2.23. The van der Waals surface area contributed by atoms with E-state index in [1.807, 2.05) is 12.1 Å². The van der Waals surface area contributed by atoms with Gasteiger partial charge in [0.2, 0.25) is 0 Å². The van der Waals surface area contributed by atoms with Gasteiger partial charge in [0.15, 0.2) is 6.04 Å². The topological polar surface area (TPSA) is 84.9 Å². The van der Waals surface area contributed by atoms with Crippen LogP contribution < -0.4 is 10.1 Å². The summed E-state index contributed by atoms with van der Waals surface area (Å²) in [5.41, 5.74) is 1.13. The zero-order valence-corrected chi connectivity index (χ0v) is 12.8. The Morgan fingerprint density at radius 3 is 2.95 bits per heavy atom. The number of amides is 1. The van der Waals surface area contributed by atoms with E-state index in [4.69, 9.17) is 14.6 Å². The molecule has 1 aromatic rings. The molecule has 0 fully saturated rings. The number of hydrogen-bond donors (Lipinski definition) is 2. The molecule has 1 aliphatic heterocycles. The van der Waals surface area contributed by atoms with Gasteiger partial charge >= 0.3 is 5.97 Å². The maximum Gasteiger partial charge on any atom is 0.328 e. The maximum absolute atomic E-state index is 12.1. The molecule has 1 heterocycles. The number of nitrogens with one attached hydrogen (secondary N) is 1. The minimum absolute atomic E-state index is 0.0970. The molecule has 1 aromatic carbocycles. The number of rotatable bonds is 5. The number of hydrogen-bond acceptors (Lipinski definition) is 4. The summed E-state index contributed by atoms with van der Waals surface area (Å²) in [6.45, 7) is -0.00284. The van der Waals surface area contributed by atoms with Crippen molar-refractivity contribution < 1.29 is 24.2 Å². The van der Waals surface area contributed by atoms with Crippen LogP contribution in [-0.2, 0) is 14.3 Å². The summed E-state index contributed by atoms with van der Waals surface area (Å²) in [5, 5.41) is 11.4. The van der Waals surface area contributed by atoms with E-state index in [-0.39, 0.29) is 13.2 Å². The first kappa shape index (κ1) is 15.5. The van der Waals surface area contributed by atoms with Crippen molar-refractivity contribution in [1.82, 2.24) is 5.32 Å². The van der Waals surface area contributed by atoms with Gasteiger partial charge in [0.25, 0.3) is 5.91 Å². The van der Waals surface area contributed by atoms with E-state index < -0.39 is 17.9 Å². The summed E-state index contributed by atoms with van der Waals surface area (Å²) in [6, 6.07) is 4.38. The Bertz CT molecular complexity index is 599. The van der Waals surface area contributed by atoms with Crippen molar-refractivity contribution >= 4 is 33.9 Å². The van der Waals surface area contributed by atoms with Gasteiger partial charge in [-0.3, -0.25) is 4.79 Å². The van der Waals surface area contributed by atoms with Crippen LogP contribution in [0.1, 0.15) is 5.56 Å². The van der Waals surface area contributed by atoms with Crippen molar-refractivity contribution in [2.24, 2.45) is 0 Å². The molecule has 6 nitrogen and oxygen atoms in total. The third-order valence-corrected chi connectivity index (χ3v) is 3.41. The molecule has 1 atom stereocenters. The number of methoxy groups -OCH3 is 1. The molecule has 0 aromatic heterocycles. The number of carbonyl (C=O) groups excluding carboxylic acids is 1. The van der Waals surface area contributed by atoms with Crippen LogP contribution in [0.25, 0.3) is 6.08 Å². The fraction of sp³-hybridized carbons (Fsp3) is 0.286. The number of carboxylic acids is 1. The van der Waals surface area contributed by atoms with Crippen molar-refractivity contribution in [1.29, 1.82) is 0 Å². The van der Waals surface area contributed by atoms with Crippen molar-refractivity contribution in [2.45, 2.75) is 6.04 Å². The molecule has 1 aliphatic rings. The number of benzene rings is 1. The summed E-state index contributed by atoms with van der Waals surface area (Å²) >= 11 is 3.35. The molecule has 0 bridgehead atoms. The summed E-state index contributed by atoms with van der Waals surface area (Å²) in [7, 11) is 1.37. The largest absolute Gasteiger partial charge is 0.488 e. The number of carbonyl (C=O) groups is 2. The lowest BCUT2D eigenvalue weighted by molar-refractivity contribution is -0.142. The highest BCUT2D eigenvalue weighted by Crippen LogP contribution is 2.29. The van der Waals surface area contributed by atoms with Crippen molar-refractivity contribution in [3.8, 4) is 5.75 Å². The molecule has 2 rings (SSSR count). The first-order valence-corrected chi connectivity index (χ1v) is 6.96. The highest BCUT2D eigenvalue weighted by molar-refractivity contribution is 9.10. The third-order valence-electron chi connectivity index (χ3n) is 2.91. The van der Waals surface area contributed by atoms with Crippen LogP contribution in [-0.4, -0.2) is 43.3 Å². The molecule has 7 heteroatoms. The monoisotopic (exact) mass is 355 g/mol. The average molecular weight is 356 g/mol. The number of carboxylic acid groups (broad SMARTS) is 1. The fourth-order valence-electron chi connectivity index (χ4n) is 1.87. The Morgan fingerprint density at radius 1 is 1.52 bits per heavy atom. The quantitative estimate of drug-likeness (QED) is 0.834. The molecule has 1 unspecified atom stereocenters. The molecule has 0 spiro atoms. The Kier molecular flexibility index (Phi) is 4.98. The van der Waals surface area contributed by atoms with E-state index in [0.717, 1.165) is 10.0 Å². The van der Waals surface area contributed by atoms with E-state index in [1.54, 1.807) is 12.1 Å². The fourth-order valence-corrected chi connectivity index (χ4v) is 2.25. The van der Waals surface area contributed by atoms with E-state index in [1.165, 1.54) is 7.11 Å². The molecule has 0 radical (unpaired) electrons. The molecule has 2 N–H and O–H groups in total. The second-order valence-electron chi connectivity index (χ2n) is 4.46.